The summed E-state index contributed by atoms with van der Waals surface area (Å²) in [7, 11) is 0. The third-order valence-electron chi connectivity index (χ3n) is 4.12. The number of carbonyl (C=O) groups is 1. The van der Waals surface area contributed by atoms with E-state index in [4.69, 9.17) is 0 Å². The van der Waals surface area contributed by atoms with E-state index in [0.717, 1.165) is 32.5 Å². The molecule has 2 unspecified atom stereocenters. The lowest BCUT2D eigenvalue weighted by molar-refractivity contribution is -0.140. The Morgan fingerprint density at radius 2 is 2.17 bits per heavy atom. The zero-order valence-corrected chi connectivity index (χ0v) is 10.5. The van der Waals surface area contributed by atoms with E-state index in [0.29, 0.717) is 24.3 Å². The van der Waals surface area contributed by atoms with Gasteiger partial charge in [-0.25, -0.2) is 0 Å². The molecular weight excluding hydrogens is 226 g/mol. The summed E-state index contributed by atoms with van der Waals surface area (Å²) >= 11 is 0. The van der Waals surface area contributed by atoms with Gasteiger partial charge in [0.25, 0.3) is 0 Å². The van der Waals surface area contributed by atoms with Gasteiger partial charge in [-0.3, -0.25) is 9.78 Å². The van der Waals surface area contributed by atoms with Crippen molar-refractivity contribution >= 4 is 5.91 Å². The molecule has 96 valence electrons. The summed E-state index contributed by atoms with van der Waals surface area (Å²) < 4.78 is 0. The highest BCUT2D eigenvalue weighted by molar-refractivity contribution is 5.77. The second kappa shape index (κ2) is 5.06. The van der Waals surface area contributed by atoms with Crippen LogP contribution < -0.4 is 5.32 Å². The first-order valence-electron chi connectivity index (χ1n) is 6.73. The number of nitrogens with zero attached hydrogens (tertiary/aromatic N) is 2. The van der Waals surface area contributed by atoms with Gasteiger partial charge in [-0.05, 0) is 49.5 Å². The second-order valence-electron chi connectivity index (χ2n) is 5.24. The Morgan fingerprint density at radius 1 is 1.33 bits per heavy atom. The number of rotatable bonds is 2. The summed E-state index contributed by atoms with van der Waals surface area (Å²) in [6, 6.07) is 4.43. The van der Waals surface area contributed by atoms with Crippen LogP contribution in [-0.4, -0.2) is 34.9 Å². The number of nitrogens with one attached hydrogen (secondary N) is 1. The van der Waals surface area contributed by atoms with Crippen LogP contribution >= 0.6 is 0 Å². The molecule has 3 rings (SSSR count). The van der Waals surface area contributed by atoms with Crippen molar-refractivity contribution in [3.05, 3.63) is 30.1 Å². The summed E-state index contributed by atoms with van der Waals surface area (Å²) in [6.07, 6.45) is 6.42. The predicted molar refractivity (Wildman–Crippen MR) is 68.8 cm³/mol. The van der Waals surface area contributed by atoms with Crippen molar-refractivity contribution in [3.63, 3.8) is 0 Å². The van der Waals surface area contributed by atoms with Gasteiger partial charge in [0.15, 0.2) is 0 Å². The number of likely N-dealkylation sites (tertiary alicyclic amines) is 1. The van der Waals surface area contributed by atoms with Crippen molar-refractivity contribution < 1.29 is 4.79 Å². The highest BCUT2D eigenvalue weighted by Crippen LogP contribution is 2.29. The number of hydrogen-bond acceptors (Lipinski definition) is 3. The molecule has 2 aliphatic rings. The largest absolute Gasteiger partial charge is 0.335 e. The molecule has 0 saturated carbocycles. The minimum absolute atomic E-state index is 0.315. The van der Waals surface area contributed by atoms with Gasteiger partial charge < -0.3 is 10.2 Å². The van der Waals surface area contributed by atoms with Crippen LogP contribution in [0.5, 0.6) is 0 Å². The third kappa shape index (κ3) is 2.25. The van der Waals surface area contributed by atoms with Crippen LogP contribution in [0.1, 0.15) is 24.8 Å². The zero-order valence-electron chi connectivity index (χ0n) is 10.5. The van der Waals surface area contributed by atoms with Gasteiger partial charge >= 0.3 is 0 Å². The van der Waals surface area contributed by atoms with E-state index < -0.39 is 0 Å². The molecule has 1 amide bonds. The van der Waals surface area contributed by atoms with Crippen LogP contribution in [0.15, 0.2) is 24.5 Å². The first-order valence-corrected chi connectivity index (χ1v) is 6.73. The van der Waals surface area contributed by atoms with E-state index in [1.54, 1.807) is 12.4 Å². The molecule has 2 saturated heterocycles. The fourth-order valence-corrected chi connectivity index (χ4v) is 3.14. The topological polar surface area (TPSA) is 45.2 Å². The minimum atomic E-state index is 0.315. The predicted octanol–water partition coefficient (Wildman–Crippen LogP) is 1.18. The van der Waals surface area contributed by atoms with Gasteiger partial charge in [0.1, 0.15) is 0 Å². The van der Waals surface area contributed by atoms with Crippen LogP contribution in [-0.2, 0) is 11.3 Å². The van der Waals surface area contributed by atoms with Crippen molar-refractivity contribution in [1.29, 1.82) is 0 Å². The summed E-state index contributed by atoms with van der Waals surface area (Å²) in [4.78, 5) is 18.3. The average molecular weight is 245 g/mol. The van der Waals surface area contributed by atoms with Crippen molar-refractivity contribution in [2.24, 2.45) is 5.92 Å². The number of aromatic nitrogens is 1. The number of piperidine rings is 2. The molecule has 0 bridgehead atoms. The molecular formula is C14H19N3O. The standard InChI is InChI=1S/C14H19N3O/c18-14-2-1-12-9-16-8-5-13(12)17(14)10-11-3-6-15-7-4-11/h3-4,6-7,12-13,16H,1-2,5,8-10H2. The Morgan fingerprint density at radius 3 is 3.00 bits per heavy atom. The first-order chi connectivity index (χ1) is 8.84. The zero-order chi connectivity index (χ0) is 12.4. The van der Waals surface area contributed by atoms with E-state index in [1.165, 1.54) is 5.56 Å². The highest BCUT2D eigenvalue weighted by atomic mass is 16.2. The molecule has 2 aliphatic heterocycles. The second-order valence-corrected chi connectivity index (χ2v) is 5.24. The fraction of sp³-hybridized carbons (Fsp3) is 0.571. The number of amides is 1. The Hall–Kier alpha value is -1.42. The van der Waals surface area contributed by atoms with Crippen LogP contribution in [0.4, 0.5) is 0 Å². The molecule has 2 atom stereocenters. The van der Waals surface area contributed by atoms with Crippen molar-refractivity contribution in [3.8, 4) is 0 Å². The maximum Gasteiger partial charge on any atom is 0.223 e. The number of pyridine rings is 1. The monoisotopic (exact) mass is 245 g/mol. The maximum absolute atomic E-state index is 12.1. The van der Waals surface area contributed by atoms with E-state index in [9.17, 15) is 4.79 Å². The van der Waals surface area contributed by atoms with Crippen molar-refractivity contribution in [2.75, 3.05) is 13.1 Å². The maximum atomic E-state index is 12.1. The van der Waals surface area contributed by atoms with Crippen molar-refractivity contribution in [2.45, 2.75) is 31.8 Å². The lowest BCUT2D eigenvalue weighted by Gasteiger charge is -2.44. The highest BCUT2D eigenvalue weighted by Gasteiger charge is 2.36. The Bertz CT molecular complexity index is 420. The molecule has 3 heterocycles. The van der Waals surface area contributed by atoms with Crippen LogP contribution in [0, 0.1) is 5.92 Å². The Kier molecular flexibility index (Phi) is 3.28. The molecule has 0 aromatic carbocycles. The van der Waals surface area contributed by atoms with Crippen molar-refractivity contribution in [1.82, 2.24) is 15.2 Å². The van der Waals surface area contributed by atoms with Crippen LogP contribution in [0.2, 0.25) is 0 Å². The average Bonchev–Trinajstić information content (AvgIpc) is 2.43. The quantitative estimate of drug-likeness (QED) is 0.851. The van der Waals surface area contributed by atoms with E-state index >= 15 is 0 Å². The Balaban J connectivity index is 1.77. The molecule has 1 aromatic rings. The van der Waals surface area contributed by atoms with Gasteiger partial charge in [-0.15, -0.1) is 0 Å². The van der Waals surface area contributed by atoms with Gasteiger partial charge in [0, 0.05) is 31.4 Å². The molecule has 0 spiro atoms. The molecule has 4 nitrogen and oxygen atoms in total. The van der Waals surface area contributed by atoms with Gasteiger partial charge in [0.2, 0.25) is 5.91 Å². The lowest BCUT2D eigenvalue weighted by Crippen LogP contribution is -2.54. The smallest absolute Gasteiger partial charge is 0.223 e. The molecule has 0 radical (unpaired) electrons. The lowest BCUT2D eigenvalue weighted by atomic mass is 9.84. The van der Waals surface area contributed by atoms with E-state index in [2.05, 4.69) is 15.2 Å². The molecule has 1 aromatic heterocycles. The van der Waals surface area contributed by atoms with Gasteiger partial charge in [0.05, 0.1) is 0 Å². The number of hydrogen-bond donors (Lipinski definition) is 1. The van der Waals surface area contributed by atoms with Crippen LogP contribution in [0.3, 0.4) is 0 Å². The van der Waals surface area contributed by atoms with Gasteiger partial charge in [-0.2, -0.15) is 0 Å². The first kappa shape index (κ1) is 11.7. The SMILES string of the molecule is O=C1CCC2CNCCC2N1Cc1ccncc1. The van der Waals surface area contributed by atoms with Crippen LogP contribution in [0.25, 0.3) is 0 Å². The molecule has 4 heteroatoms. The summed E-state index contributed by atoms with van der Waals surface area (Å²) in [5.74, 6) is 0.952. The molecule has 18 heavy (non-hydrogen) atoms. The summed E-state index contributed by atoms with van der Waals surface area (Å²) in [5, 5.41) is 3.44. The number of fused-ring (bicyclic) bond motifs is 1. The summed E-state index contributed by atoms with van der Waals surface area (Å²) in [6.45, 7) is 2.83. The third-order valence-corrected chi connectivity index (χ3v) is 4.12. The summed E-state index contributed by atoms with van der Waals surface area (Å²) in [5.41, 5.74) is 1.18. The minimum Gasteiger partial charge on any atom is -0.335 e. The number of carbonyl (C=O) groups excluding carboxylic acids is 1. The Labute approximate surface area is 107 Å². The van der Waals surface area contributed by atoms with E-state index in [1.807, 2.05) is 12.1 Å². The molecule has 0 aliphatic carbocycles. The fourth-order valence-electron chi connectivity index (χ4n) is 3.14. The molecule has 1 N–H and O–H groups in total. The molecule has 2 fully saturated rings. The normalized spacial score (nSPS) is 28.0. The van der Waals surface area contributed by atoms with Gasteiger partial charge in [-0.1, -0.05) is 0 Å². The van der Waals surface area contributed by atoms with E-state index in [-0.39, 0.29) is 0 Å².